The zero-order valence-corrected chi connectivity index (χ0v) is 21.4. The Hall–Kier alpha value is -2.51. The van der Waals surface area contributed by atoms with E-state index < -0.39 is 0 Å². The van der Waals surface area contributed by atoms with Crippen LogP contribution in [0.5, 0.6) is 17.2 Å². The standard InChI is InChI=1S/C27H34ClFN2O4/c1-18(2)14-31(15-19-11-23(28)26-25(12-19)34-9-4-10-35-26)27(32)20-7-8-30(16-20)17-21-13-22(29)5-6-24(21)33-3/h5-6,11-13,18,20H,4,7-10,14-17H2,1-3H3. The SMILES string of the molecule is COc1ccc(F)cc1CN1CCC(C(=O)N(Cc2cc(Cl)c3c(c2)OCCCO3)CC(C)C)C1. The maximum absolute atomic E-state index is 13.8. The first kappa shape index (κ1) is 25.6. The van der Waals surface area contributed by atoms with Crippen LogP contribution in [0.1, 0.15) is 37.8 Å². The molecule has 1 saturated heterocycles. The Kier molecular flexibility index (Phi) is 8.39. The number of carbonyl (C=O) groups excluding carboxylic acids is 1. The second-order valence-electron chi connectivity index (χ2n) is 9.74. The van der Waals surface area contributed by atoms with Crippen molar-refractivity contribution in [2.24, 2.45) is 11.8 Å². The lowest BCUT2D eigenvalue weighted by molar-refractivity contribution is -0.136. The molecule has 0 aliphatic carbocycles. The van der Waals surface area contributed by atoms with Gasteiger partial charge in [-0.1, -0.05) is 25.4 Å². The quantitative estimate of drug-likeness (QED) is 0.497. The molecule has 35 heavy (non-hydrogen) atoms. The predicted octanol–water partition coefficient (Wildman–Crippen LogP) is 5.16. The summed E-state index contributed by atoms with van der Waals surface area (Å²) in [6, 6.07) is 8.35. The molecule has 2 aliphatic rings. The fourth-order valence-electron chi connectivity index (χ4n) is 4.82. The fraction of sp³-hybridized carbons (Fsp3) is 0.519. The average Bonchev–Trinajstić information content (AvgIpc) is 3.14. The van der Waals surface area contributed by atoms with Gasteiger partial charge in [0.25, 0.3) is 0 Å². The van der Waals surface area contributed by atoms with E-state index in [1.807, 2.05) is 17.0 Å². The normalized spacial score (nSPS) is 17.9. The lowest BCUT2D eigenvalue weighted by Crippen LogP contribution is -2.39. The van der Waals surface area contributed by atoms with Crippen molar-refractivity contribution in [2.45, 2.75) is 39.8 Å². The van der Waals surface area contributed by atoms with Crippen molar-refractivity contribution in [1.82, 2.24) is 9.80 Å². The summed E-state index contributed by atoms with van der Waals surface area (Å²) >= 11 is 6.50. The van der Waals surface area contributed by atoms with E-state index in [9.17, 15) is 9.18 Å². The first-order valence-electron chi connectivity index (χ1n) is 12.3. The van der Waals surface area contributed by atoms with Gasteiger partial charge in [-0.2, -0.15) is 0 Å². The van der Waals surface area contributed by atoms with Crippen molar-refractivity contribution in [2.75, 3.05) is 40.0 Å². The molecule has 8 heteroatoms. The summed E-state index contributed by atoms with van der Waals surface area (Å²) in [5, 5.41) is 0.507. The first-order chi connectivity index (χ1) is 16.8. The molecule has 1 atom stereocenters. The monoisotopic (exact) mass is 504 g/mol. The molecule has 6 nitrogen and oxygen atoms in total. The van der Waals surface area contributed by atoms with Gasteiger partial charge in [-0.05, 0) is 54.8 Å². The smallest absolute Gasteiger partial charge is 0.227 e. The van der Waals surface area contributed by atoms with Gasteiger partial charge in [-0.25, -0.2) is 4.39 Å². The van der Waals surface area contributed by atoms with Crippen molar-refractivity contribution < 1.29 is 23.4 Å². The summed E-state index contributed by atoms with van der Waals surface area (Å²) < 4.78 is 30.8. The molecule has 190 valence electrons. The molecule has 0 N–H and O–H groups in total. The van der Waals surface area contributed by atoms with Crippen molar-refractivity contribution in [3.8, 4) is 17.2 Å². The van der Waals surface area contributed by atoms with E-state index >= 15 is 0 Å². The zero-order chi connectivity index (χ0) is 24.9. The molecular formula is C27H34ClFN2O4. The number of carbonyl (C=O) groups is 1. The first-order valence-corrected chi connectivity index (χ1v) is 12.6. The van der Waals surface area contributed by atoms with Crippen LogP contribution in [0.25, 0.3) is 0 Å². The van der Waals surface area contributed by atoms with Gasteiger partial charge in [0.15, 0.2) is 11.5 Å². The van der Waals surface area contributed by atoms with Gasteiger partial charge in [0.2, 0.25) is 5.91 Å². The highest BCUT2D eigenvalue weighted by atomic mass is 35.5. The molecule has 1 fully saturated rings. The molecule has 2 aromatic rings. The van der Waals surface area contributed by atoms with Crippen LogP contribution in [0, 0.1) is 17.7 Å². The van der Waals surface area contributed by atoms with Crippen molar-refractivity contribution in [3.05, 3.63) is 52.3 Å². The molecular weight excluding hydrogens is 471 g/mol. The highest BCUT2D eigenvalue weighted by Gasteiger charge is 2.32. The number of fused-ring (bicyclic) bond motifs is 1. The summed E-state index contributed by atoms with van der Waals surface area (Å²) in [6.07, 6.45) is 1.57. The van der Waals surface area contributed by atoms with Crippen LogP contribution in [-0.4, -0.2) is 55.7 Å². The van der Waals surface area contributed by atoms with E-state index in [1.165, 1.54) is 12.1 Å². The zero-order valence-electron chi connectivity index (χ0n) is 20.7. The number of hydrogen-bond donors (Lipinski definition) is 0. The van der Waals surface area contributed by atoms with Crippen molar-refractivity contribution in [3.63, 3.8) is 0 Å². The van der Waals surface area contributed by atoms with Gasteiger partial charge in [0, 0.05) is 38.2 Å². The van der Waals surface area contributed by atoms with Gasteiger partial charge < -0.3 is 19.1 Å². The highest BCUT2D eigenvalue weighted by molar-refractivity contribution is 6.32. The summed E-state index contributed by atoms with van der Waals surface area (Å²) in [5.41, 5.74) is 1.72. The lowest BCUT2D eigenvalue weighted by Gasteiger charge is -2.28. The molecule has 2 aliphatic heterocycles. The van der Waals surface area contributed by atoms with Gasteiger partial charge in [0.05, 0.1) is 31.3 Å². The third kappa shape index (κ3) is 6.39. The number of halogens is 2. The van der Waals surface area contributed by atoms with Crippen molar-refractivity contribution in [1.29, 1.82) is 0 Å². The van der Waals surface area contributed by atoms with Crippen LogP contribution >= 0.6 is 11.6 Å². The molecule has 0 saturated carbocycles. The largest absolute Gasteiger partial charge is 0.496 e. The number of likely N-dealkylation sites (tertiary alicyclic amines) is 1. The third-order valence-electron chi connectivity index (χ3n) is 6.39. The van der Waals surface area contributed by atoms with Gasteiger partial charge in [0.1, 0.15) is 11.6 Å². The average molecular weight is 505 g/mol. The molecule has 0 radical (unpaired) electrons. The number of methoxy groups -OCH3 is 1. The van der Waals surface area contributed by atoms with Crippen molar-refractivity contribution >= 4 is 17.5 Å². The Bertz CT molecular complexity index is 1050. The fourth-order valence-corrected chi connectivity index (χ4v) is 5.10. The molecule has 0 bridgehead atoms. The van der Waals surface area contributed by atoms with Crippen LogP contribution < -0.4 is 14.2 Å². The Balaban J connectivity index is 1.46. The summed E-state index contributed by atoms with van der Waals surface area (Å²) in [7, 11) is 1.59. The van der Waals surface area contributed by atoms with Gasteiger partial charge in [-0.3, -0.25) is 9.69 Å². The second kappa shape index (κ2) is 11.5. The molecule has 0 spiro atoms. The van der Waals surface area contributed by atoms with E-state index in [0.717, 1.165) is 30.5 Å². The Morgan fingerprint density at radius 1 is 1.26 bits per heavy atom. The van der Waals surface area contributed by atoms with E-state index in [4.69, 9.17) is 25.8 Å². The number of nitrogens with zero attached hydrogens (tertiary/aromatic N) is 2. The number of amides is 1. The van der Waals surface area contributed by atoms with Gasteiger partial charge in [-0.15, -0.1) is 0 Å². The number of hydrogen-bond acceptors (Lipinski definition) is 5. The summed E-state index contributed by atoms with van der Waals surface area (Å²) in [5.74, 6) is 1.94. The molecule has 2 heterocycles. The molecule has 1 unspecified atom stereocenters. The molecule has 0 aromatic heterocycles. The van der Waals surface area contributed by atoms with E-state index in [2.05, 4.69) is 18.7 Å². The second-order valence-corrected chi connectivity index (χ2v) is 10.2. The minimum atomic E-state index is -0.287. The summed E-state index contributed by atoms with van der Waals surface area (Å²) in [4.78, 5) is 17.7. The maximum Gasteiger partial charge on any atom is 0.227 e. The minimum Gasteiger partial charge on any atom is -0.496 e. The lowest BCUT2D eigenvalue weighted by atomic mass is 10.0. The number of benzene rings is 2. The Morgan fingerprint density at radius 2 is 2.06 bits per heavy atom. The number of ether oxygens (including phenoxy) is 3. The minimum absolute atomic E-state index is 0.107. The third-order valence-corrected chi connectivity index (χ3v) is 6.67. The molecule has 2 aromatic carbocycles. The van der Waals surface area contributed by atoms with Gasteiger partial charge >= 0.3 is 0 Å². The summed E-state index contributed by atoms with van der Waals surface area (Å²) in [6.45, 7) is 8.44. The van der Waals surface area contributed by atoms with Crippen LogP contribution in [-0.2, 0) is 17.9 Å². The molecule has 4 rings (SSSR count). The van der Waals surface area contributed by atoms with Crippen LogP contribution in [0.2, 0.25) is 5.02 Å². The van der Waals surface area contributed by atoms with E-state index in [-0.39, 0.29) is 17.6 Å². The molecule has 1 amide bonds. The Labute approximate surface area is 211 Å². The predicted molar refractivity (Wildman–Crippen MR) is 134 cm³/mol. The van der Waals surface area contributed by atoms with Crippen LogP contribution in [0.15, 0.2) is 30.3 Å². The van der Waals surface area contributed by atoms with E-state index in [1.54, 1.807) is 13.2 Å². The van der Waals surface area contributed by atoms with Crippen LogP contribution in [0.3, 0.4) is 0 Å². The van der Waals surface area contributed by atoms with Crippen LogP contribution in [0.4, 0.5) is 4.39 Å². The Morgan fingerprint density at radius 3 is 2.83 bits per heavy atom. The van der Waals surface area contributed by atoms with E-state index in [0.29, 0.717) is 67.6 Å². The maximum atomic E-state index is 13.8. The topological polar surface area (TPSA) is 51.2 Å². The number of rotatable bonds is 8. The highest BCUT2D eigenvalue weighted by Crippen LogP contribution is 2.38.